The number of aryl methyl sites for hydroxylation is 2. The second kappa shape index (κ2) is 11.2. The first kappa shape index (κ1) is 26.2. The molecule has 4 aromatic rings. The minimum absolute atomic E-state index is 0.00289. The van der Waals surface area contributed by atoms with Gasteiger partial charge in [0.05, 0.1) is 5.69 Å². The van der Waals surface area contributed by atoms with Crippen molar-refractivity contribution in [3.05, 3.63) is 88.2 Å². The number of aromatic carboxylic acids is 1. The van der Waals surface area contributed by atoms with Gasteiger partial charge >= 0.3 is 5.97 Å². The third kappa shape index (κ3) is 5.37. The number of benzene rings is 2. The first-order valence-electron chi connectivity index (χ1n) is 13.9. The van der Waals surface area contributed by atoms with Gasteiger partial charge in [-0.05, 0) is 73.6 Å². The first-order valence-corrected chi connectivity index (χ1v) is 13.9. The number of nitrogens with one attached hydrogen (secondary N) is 1. The summed E-state index contributed by atoms with van der Waals surface area (Å²) in [6.45, 7) is 8.05. The van der Waals surface area contributed by atoms with Crippen LogP contribution >= 0.6 is 0 Å². The molecule has 0 amide bonds. The van der Waals surface area contributed by atoms with Gasteiger partial charge in [-0.15, -0.1) is 0 Å². The Morgan fingerprint density at radius 1 is 1.05 bits per heavy atom. The number of aromatic nitrogens is 3. The molecule has 8 nitrogen and oxygen atoms in total. The van der Waals surface area contributed by atoms with E-state index in [0.29, 0.717) is 29.9 Å². The second-order valence-electron chi connectivity index (χ2n) is 10.7. The molecular weight excluding hydrogens is 504 g/mol. The SMILES string of the molecule is Cc1cccc(-c2cccc(-c3nc(C(=O)O)c(C)[nH]3)n2)c1OCc1ccc2c(c1)CCN(C1CCOCC1)C2. The molecule has 6 rings (SSSR count). The van der Waals surface area contributed by atoms with Gasteiger partial charge in [-0.2, -0.15) is 0 Å². The quantitative estimate of drug-likeness (QED) is 0.317. The molecule has 0 unspecified atom stereocenters. The molecule has 40 heavy (non-hydrogen) atoms. The molecule has 1 saturated heterocycles. The largest absolute Gasteiger partial charge is 0.488 e. The Morgan fingerprint density at radius 3 is 2.65 bits per heavy atom. The number of ether oxygens (including phenoxy) is 2. The Hall–Kier alpha value is -4.01. The summed E-state index contributed by atoms with van der Waals surface area (Å²) in [4.78, 5) is 26.2. The van der Waals surface area contributed by atoms with Crippen LogP contribution in [0.3, 0.4) is 0 Å². The maximum absolute atomic E-state index is 11.5. The van der Waals surface area contributed by atoms with Crippen LogP contribution in [0.15, 0.2) is 54.6 Å². The maximum Gasteiger partial charge on any atom is 0.356 e. The summed E-state index contributed by atoms with van der Waals surface area (Å²) in [6.07, 6.45) is 3.31. The number of carboxylic acid groups (broad SMARTS) is 1. The van der Waals surface area contributed by atoms with Gasteiger partial charge in [0.1, 0.15) is 18.1 Å². The summed E-state index contributed by atoms with van der Waals surface area (Å²) >= 11 is 0. The van der Waals surface area contributed by atoms with Crippen molar-refractivity contribution >= 4 is 5.97 Å². The first-order chi connectivity index (χ1) is 19.5. The fraction of sp³-hybridized carbons (Fsp3) is 0.344. The van der Waals surface area contributed by atoms with E-state index in [9.17, 15) is 9.90 Å². The standard InChI is InChI=1S/C32H34N4O4/c1-20-5-3-6-26(27-7-4-8-28(34-27)31-33-21(2)29(35-31)32(37)38)30(20)40-19-22-9-10-24-18-36(14-11-23(24)17-22)25-12-15-39-16-13-25/h3-10,17,25H,11-16,18-19H2,1-2H3,(H,33,35)(H,37,38). The topological polar surface area (TPSA) is 101 Å². The number of H-pyrrole nitrogens is 1. The van der Waals surface area contributed by atoms with E-state index in [4.69, 9.17) is 14.5 Å². The van der Waals surface area contributed by atoms with Gasteiger partial charge in [-0.3, -0.25) is 4.90 Å². The highest BCUT2D eigenvalue weighted by Gasteiger charge is 2.25. The Morgan fingerprint density at radius 2 is 1.85 bits per heavy atom. The lowest BCUT2D eigenvalue weighted by molar-refractivity contribution is 0.0290. The monoisotopic (exact) mass is 538 g/mol. The van der Waals surface area contributed by atoms with E-state index in [2.05, 4.69) is 33.1 Å². The number of pyridine rings is 1. The smallest absolute Gasteiger partial charge is 0.356 e. The molecule has 0 atom stereocenters. The number of rotatable bonds is 7. The summed E-state index contributed by atoms with van der Waals surface area (Å²) < 4.78 is 12.0. The van der Waals surface area contributed by atoms with Crippen molar-refractivity contribution < 1.29 is 19.4 Å². The fourth-order valence-corrected chi connectivity index (χ4v) is 5.79. The lowest BCUT2D eigenvalue weighted by Crippen LogP contribution is -2.42. The highest BCUT2D eigenvalue weighted by molar-refractivity contribution is 5.87. The van der Waals surface area contributed by atoms with Crippen molar-refractivity contribution in [2.45, 2.75) is 52.3 Å². The van der Waals surface area contributed by atoms with E-state index in [0.717, 1.165) is 73.7 Å². The molecule has 2 aromatic heterocycles. The Balaban J connectivity index is 1.20. The van der Waals surface area contributed by atoms with Crippen LogP contribution in [0.2, 0.25) is 0 Å². The van der Waals surface area contributed by atoms with Gasteiger partial charge in [0.2, 0.25) is 0 Å². The minimum atomic E-state index is -1.07. The third-order valence-electron chi connectivity index (χ3n) is 7.97. The van der Waals surface area contributed by atoms with Crippen molar-refractivity contribution in [2.75, 3.05) is 19.8 Å². The van der Waals surface area contributed by atoms with Crippen LogP contribution in [0.1, 0.15) is 51.3 Å². The van der Waals surface area contributed by atoms with Crippen LogP contribution in [0.4, 0.5) is 0 Å². The van der Waals surface area contributed by atoms with Crippen molar-refractivity contribution in [3.63, 3.8) is 0 Å². The molecule has 1 fully saturated rings. The van der Waals surface area contributed by atoms with E-state index in [1.165, 1.54) is 11.1 Å². The molecule has 2 aliphatic heterocycles. The lowest BCUT2D eigenvalue weighted by atomic mass is 9.95. The second-order valence-corrected chi connectivity index (χ2v) is 10.7. The number of para-hydroxylation sites is 1. The van der Waals surface area contributed by atoms with Gasteiger partial charge in [0.15, 0.2) is 11.5 Å². The normalized spacial score (nSPS) is 16.1. The number of aromatic amines is 1. The summed E-state index contributed by atoms with van der Waals surface area (Å²) in [5.74, 6) is 0.151. The van der Waals surface area contributed by atoms with Gasteiger partial charge in [0.25, 0.3) is 0 Å². The summed E-state index contributed by atoms with van der Waals surface area (Å²) in [5.41, 5.74) is 7.70. The minimum Gasteiger partial charge on any atom is -0.488 e. The van der Waals surface area contributed by atoms with Gasteiger partial charge in [0, 0.05) is 43.6 Å². The van der Waals surface area contributed by atoms with Crippen molar-refractivity contribution in [1.29, 1.82) is 0 Å². The van der Waals surface area contributed by atoms with Crippen LogP contribution in [-0.2, 0) is 24.3 Å². The van der Waals surface area contributed by atoms with Crippen LogP contribution < -0.4 is 4.74 Å². The number of fused-ring (bicyclic) bond motifs is 1. The molecule has 0 spiro atoms. The van der Waals surface area contributed by atoms with E-state index >= 15 is 0 Å². The average Bonchev–Trinajstić information content (AvgIpc) is 3.38. The molecule has 2 aliphatic rings. The molecule has 2 aromatic carbocycles. The number of carbonyl (C=O) groups is 1. The summed E-state index contributed by atoms with van der Waals surface area (Å²) in [6, 6.07) is 19.1. The molecule has 0 aliphatic carbocycles. The molecule has 4 heterocycles. The van der Waals surface area contributed by atoms with E-state index in [1.54, 1.807) is 6.92 Å². The van der Waals surface area contributed by atoms with Crippen LogP contribution in [-0.4, -0.2) is 56.7 Å². The molecule has 2 N–H and O–H groups in total. The zero-order chi connectivity index (χ0) is 27.6. The lowest BCUT2D eigenvalue weighted by Gasteiger charge is -2.37. The number of hydrogen-bond acceptors (Lipinski definition) is 6. The van der Waals surface area contributed by atoms with Crippen LogP contribution in [0.5, 0.6) is 5.75 Å². The highest BCUT2D eigenvalue weighted by Crippen LogP contribution is 2.34. The summed E-state index contributed by atoms with van der Waals surface area (Å²) in [7, 11) is 0. The van der Waals surface area contributed by atoms with Crippen LogP contribution in [0.25, 0.3) is 22.8 Å². The van der Waals surface area contributed by atoms with Gasteiger partial charge in [-0.1, -0.05) is 36.4 Å². The van der Waals surface area contributed by atoms with Crippen molar-refractivity contribution in [1.82, 2.24) is 19.9 Å². The maximum atomic E-state index is 11.5. The van der Waals surface area contributed by atoms with Gasteiger partial charge in [-0.25, -0.2) is 14.8 Å². The van der Waals surface area contributed by atoms with E-state index in [1.807, 2.05) is 43.3 Å². The van der Waals surface area contributed by atoms with Crippen molar-refractivity contribution in [3.8, 4) is 28.5 Å². The Labute approximate surface area is 234 Å². The number of nitrogens with zero attached hydrogens (tertiary/aromatic N) is 3. The third-order valence-corrected chi connectivity index (χ3v) is 7.97. The predicted octanol–water partition coefficient (Wildman–Crippen LogP) is 5.57. The fourth-order valence-electron chi connectivity index (χ4n) is 5.79. The molecule has 0 saturated carbocycles. The van der Waals surface area contributed by atoms with Crippen LogP contribution in [0, 0.1) is 13.8 Å². The highest BCUT2D eigenvalue weighted by atomic mass is 16.5. The summed E-state index contributed by atoms with van der Waals surface area (Å²) in [5, 5.41) is 9.38. The molecule has 206 valence electrons. The molecule has 0 radical (unpaired) electrons. The zero-order valence-electron chi connectivity index (χ0n) is 22.9. The van der Waals surface area contributed by atoms with Gasteiger partial charge < -0.3 is 19.6 Å². The number of hydrogen-bond donors (Lipinski definition) is 2. The molecule has 0 bridgehead atoms. The zero-order valence-corrected chi connectivity index (χ0v) is 22.9. The number of carboxylic acids is 1. The number of imidazole rings is 1. The van der Waals surface area contributed by atoms with E-state index < -0.39 is 5.97 Å². The van der Waals surface area contributed by atoms with E-state index in [-0.39, 0.29) is 5.69 Å². The molecule has 8 heteroatoms. The Bertz CT molecular complexity index is 1540. The van der Waals surface area contributed by atoms with Crippen molar-refractivity contribution in [2.24, 2.45) is 0 Å². The Kier molecular flexibility index (Phi) is 7.36. The molecular formula is C32H34N4O4. The predicted molar refractivity (Wildman–Crippen MR) is 152 cm³/mol. The average molecular weight is 539 g/mol.